The third-order valence-corrected chi connectivity index (χ3v) is 3.73. The maximum Gasteiger partial charge on any atom is 0.0469 e. The summed E-state index contributed by atoms with van der Waals surface area (Å²) in [6.07, 6.45) is 12.2. The van der Waals surface area contributed by atoms with E-state index in [9.17, 15) is 0 Å². The summed E-state index contributed by atoms with van der Waals surface area (Å²) < 4.78 is 5.70. The SMILES string of the molecule is CCCCCCCCCOCCC1CCNC1. The number of hydrogen-bond donors (Lipinski definition) is 1. The average Bonchev–Trinajstić information content (AvgIpc) is 2.85. The molecule has 0 aromatic rings. The zero-order valence-electron chi connectivity index (χ0n) is 11.7. The summed E-state index contributed by atoms with van der Waals surface area (Å²) in [5.74, 6) is 0.879. The van der Waals surface area contributed by atoms with E-state index in [1.54, 1.807) is 0 Å². The van der Waals surface area contributed by atoms with Crippen LogP contribution in [0.2, 0.25) is 0 Å². The van der Waals surface area contributed by atoms with E-state index in [2.05, 4.69) is 12.2 Å². The van der Waals surface area contributed by atoms with Crippen LogP contribution in [0.4, 0.5) is 0 Å². The van der Waals surface area contributed by atoms with Gasteiger partial charge in [-0.05, 0) is 38.3 Å². The topological polar surface area (TPSA) is 21.3 Å². The molecule has 0 saturated carbocycles. The zero-order chi connectivity index (χ0) is 12.2. The fourth-order valence-electron chi connectivity index (χ4n) is 2.47. The Bertz CT molecular complexity index is 155. The molecule has 1 N–H and O–H groups in total. The van der Waals surface area contributed by atoms with E-state index in [0.29, 0.717) is 0 Å². The van der Waals surface area contributed by atoms with E-state index in [-0.39, 0.29) is 0 Å². The minimum Gasteiger partial charge on any atom is -0.381 e. The summed E-state index contributed by atoms with van der Waals surface area (Å²) >= 11 is 0. The van der Waals surface area contributed by atoms with Crippen LogP contribution in [-0.2, 0) is 4.74 Å². The molecule has 1 atom stereocenters. The molecule has 0 spiro atoms. The lowest BCUT2D eigenvalue weighted by Crippen LogP contribution is -2.11. The molecule has 2 nitrogen and oxygen atoms in total. The van der Waals surface area contributed by atoms with Crippen molar-refractivity contribution in [3.8, 4) is 0 Å². The van der Waals surface area contributed by atoms with E-state index in [0.717, 1.165) is 19.1 Å². The van der Waals surface area contributed by atoms with Gasteiger partial charge < -0.3 is 10.1 Å². The molecule has 1 aliphatic rings. The highest BCUT2D eigenvalue weighted by atomic mass is 16.5. The molecular formula is C15H31NO. The van der Waals surface area contributed by atoms with Gasteiger partial charge in [0.2, 0.25) is 0 Å². The Kier molecular flexibility index (Phi) is 9.72. The summed E-state index contributed by atoms with van der Waals surface area (Å²) in [5.41, 5.74) is 0. The second-order valence-electron chi connectivity index (χ2n) is 5.38. The number of unbranched alkanes of at least 4 members (excludes halogenated alkanes) is 6. The third kappa shape index (κ3) is 8.62. The molecule has 102 valence electrons. The normalized spacial score (nSPS) is 19.9. The van der Waals surface area contributed by atoms with Crippen LogP contribution in [-0.4, -0.2) is 26.3 Å². The van der Waals surface area contributed by atoms with Crippen LogP contribution in [0.3, 0.4) is 0 Å². The van der Waals surface area contributed by atoms with Crippen molar-refractivity contribution >= 4 is 0 Å². The minimum absolute atomic E-state index is 0.879. The van der Waals surface area contributed by atoms with Crippen LogP contribution in [0, 0.1) is 5.92 Å². The van der Waals surface area contributed by atoms with Crippen molar-refractivity contribution in [3.05, 3.63) is 0 Å². The summed E-state index contributed by atoms with van der Waals surface area (Å²) in [7, 11) is 0. The maximum atomic E-state index is 5.70. The molecule has 17 heavy (non-hydrogen) atoms. The number of rotatable bonds is 11. The van der Waals surface area contributed by atoms with Crippen molar-refractivity contribution in [3.63, 3.8) is 0 Å². The van der Waals surface area contributed by atoms with Gasteiger partial charge >= 0.3 is 0 Å². The molecule has 1 fully saturated rings. The van der Waals surface area contributed by atoms with E-state index in [1.807, 2.05) is 0 Å². The Balaban J connectivity index is 1.69. The van der Waals surface area contributed by atoms with Crippen molar-refractivity contribution in [2.24, 2.45) is 5.92 Å². The first-order valence-corrected chi connectivity index (χ1v) is 7.72. The zero-order valence-corrected chi connectivity index (χ0v) is 11.7. The van der Waals surface area contributed by atoms with E-state index >= 15 is 0 Å². The molecule has 2 heteroatoms. The van der Waals surface area contributed by atoms with E-state index in [4.69, 9.17) is 4.74 Å². The molecule has 1 rings (SSSR count). The molecule has 0 amide bonds. The number of nitrogens with one attached hydrogen (secondary N) is 1. The second-order valence-corrected chi connectivity index (χ2v) is 5.38. The van der Waals surface area contributed by atoms with Crippen molar-refractivity contribution in [1.82, 2.24) is 5.32 Å². The highest BCUT2D eigenvalue weighted by Crippen LogP contribution is 2.12. The second kappa shape index (κ2) is 11.0. The maximum absolute atomic E-state index is 5.70. The van der Waals surface area contributed by atoms with Crippen molar-refractivity contribution in [2.75, 3.05) is 26.3 Å². The third-order valence-electron chi connectivity index (χ3n) is 3.73. The van der Waals surface area contributed by atoms with Crippen molar-refractivity contribution < 1.29 is 4.74 Å². The molecule has 0 aromatic heterocycles. The molecule has 1 heterocycles. The van der Waals surface area contributed by atoms with Crippen molar-refractivity contribution in [1.29, 1.82) is 0 Å². The first kappa shape index (κ1) is 15.0. The Hall–Kier alpha value is -0.0800. The molecule has 1 aliphatic heterocycles. The summed E-state index contributed by atoms with van der Waals surface area (Å²) in [5, 5.41) is 3.40. The Labute approximate surface area is 108 Å². The van der Waals surface area contributed by atoms with Crippen LogP contribution in [0.15, 0.2) is 0 Å². The summed E-state index contributed by atoms with van der Waals surface area (Å²) in [4.78, 5) is 0. The Morgan fingerprint density at radius 3 is 2.47 bits per heavy atom. The Morgan fingerprint density at radius 2 is 1.76 bits per heavy atom. The molecule has 0 aromatic carbocycles. The molecule has 0 radical (unpaired) electrons. The first-order chi connectivity index (χ1) is 8.43. The van der Waals surface area contributed by atoms with Crippen LogP contribution in [0.25, 0.3) is 0 Å². The molecule has 0 bridgehead atoms. The minimum atomic E-state index is 0.879. The van der Waals surface area contributed by atoms with Gasteiger partial charge in [0.1, 0.15) is 0 Å². The summed E-state index contributed by atoms with van der Waals surface area (Å²) in [6, 6.07) is 0. The molecule has 1 saturated heterocycles. The van der Waals surface area contributed by atoms with Gasteiger partial charge in [-0.25, -0.2) is 0 Å². The van der Waals surface area contributed by atoms with Gasteiger partial charge in [0, 0.05) is 13.2 Å². The van der Waals surface area contributed by atoms with Gasteiger partial charge in [-0.1, -0.05) is 45.4 Å². The van der Waals surface area contributed by atoms with Crippen LogP contribution in [0.1, 0.15) is 64.7 Å². The lowest BCUT2D eigenvalue weighted by atomic mass is 10.1. The van der Waals surface area contributed by atoms with Gasteiger partial charge in [0.15, 0.2) is 0 Å². The molecule has 1 unspecified atom stereocenters. The number of hydrogen-bond acceptors (Lipinski definition) is 2. The predicted octanol–water partition coefficient (Wildman–Crippen LogP) is 3.75. The highest BCUT2D eigenvalue weighted by Gasteiger charge is 2.13. The monoisotopic (exact) mass is 241 g/mol. The van der Waals surface area contributed by atoms with Crippen LogP contribution < -0.4 is 5.32 Å². The largest absolute Gasteiger partial charge is 0.381 e. The fraction of sp³-hybridized carbons (Fsp3) is 1.00. The highest BCUT2D eigenvalue weighted by molar-refractivity contribution is 4.70. The Morgan fingerprint density at radius 1 is 1.00 bits per heavy atom. The molecular weight excluding hydrogens is 210 g/mol. The molecule has 0 aliphatic carbocycles. The fourth-order valence-corrected chi connectivity index (χ4v) is 2.47. The van der Waals surface area contributed by atoms with Crippen LogP contribution in [0.5, 0.6) is 0 Å². The standard InChI is InChI=1S/C15H31NO/c1-2-3-4-5-6-7-8-12-17-13-10-15-9-11-16-14-15/h15-16H,2-14H2,1H3. The average molecular weight is 241 g/mol. The van der Waals surface area contributed by atoms with Gasteiger partial charge in [-0.15, -0.1) is 0 Å². The lowest BCUT2D eigenvalue weighted by molar-refractivity contribution is 0.118. The lowest BCUT2D eigenvalue weighted by Gasteiger charge is -2.08. The van der Waals surface area contributed by atoms with Gasteiger partial charge in [0.05, 0.1) is 0 Å². The number of ether oxygens (including phenoxy) is 1. The smallest absolute Gasteiger partial charge is 0.0469 e. The van der Waals surface area contributed by atoms with Gasteiger partial charge in [-0.2, -0.15) is 0 Å². The van der Waals surface area contributed by atoms with Crippen LogP contribution >= 0.6 is 0 Å². The summed E-state index contributed by atoms with van der Waals surface area (Å²) in [6.45, 7) is 6.65. The first-order valence-electron chi connectivity index (χ1n) is 7.72. The van der Waals surface area contributed by atoms with Crippen molar-refractivity contribution in [2.45, 2.75) is 64.7 Å². The van der Waals surface area contributed by atoms with E-state index < -0.39 is 0 Å². The van der Waals surface area contributed by atoms with Gasteiger partial charge in [0.25, 0.3) is 0 Å². The van der Waals surface area contributed by atoms with Gasteiger partial charge in [-0.3, -0.25) is 0 Å². The van der Waals surface area contributed by atoms with E-state index in [1.165, 1.54) is 70.9 Å². The quantitative estimate of drug-likeness (QED) is 0.556. The predicted molar refractivity (Wildman–Crippen MR) is 74.4 cm³/mol.